The molecule has 5 heteroatoms. The lowest BCUT2D eigenvalue weighted by molar-refractivity contribution is 0.190. The molecule has 0 aliphatic rings. The van der Waals surface area contributed by atoms with E-state index in [1.54, 1.807) is 17.8 Å². The van der Waals surface area contributed by atoms with Crippen molar-refractivity contribution in [3.8, 4) is 5.75 Å². The van der Waals surface area contributed by atoms with Crippen molar-refractivity contribution in [1.82, 2.24) is 9.78 Å². The molecule has 96 valence electrons. The number of nitrogens with zero attached hydrogens (tertiary/aromatic N) is 2. The Morgan fingerprint density at radius 2 is 2.33 bits per heavy atom. The largest absolute Gasteiger partial charge is 0.491 e. The van der Waals surface area contributed by atoms with Crippen molar-refractivity contribution in [1.29, 1.82) is 0 Å². The number of hydrogen-bond donors (Lipinski definition) is 1. The van der Waals surface area contributed by atoms with Crippen LogP contribution < -0.4 is 4.74 Å². The lowest BCUT2D eigenvalue weighted by Gasteiger charge is -2.13. The molecule has 2 aromatic rings. The van der Waals surface area contributed by atoms with E-state index in [1.807, 2.05) is 30.5 Å². The molecule has 2 rings (SSSR count). The van der Waals surface area contributed by atoms with Crippen molar-refractivity contribution in [2.24, 2.45) is 0 Å². The van der Waals surface area contributed by atoms with Crippen molar-refractivity contribution in [3.05, 3.63) is 46.7 Å². The van der Waals surface area contributed by atoms with Gasteiger partial charge in [0.25, 0.3) is 0 Å². The average Bonchev–Trinajstić information content (AvgIpc) is 2.82. The molecule has 0 aliphatic carbocycles. The zero-order chi connectivity index (χ0) is 13.0. The van der Waals surface area contributed by atoms with E-state index in [0.717, 1.165) is 10.0 Å². The topological polar surface area (TPSA) is 47.3 Å². The Labute approximate surface area is 114 Å². The van der Waals surface area contributed by atoms with E-state index < -0.39 is 6.10 Å². The molecule has 1 aromatic carbocycles. The first kappa shape index (κ1) is 13.1. The summed E-state index contributed by atoms with van der Waals surface area (Å²) in [5, 5.41) is 13.8. The van der Waals surface area contributed by atoms with E-state index in [4.69, 9.17) is 4.74 Å². The van der Waals surface area contributed by atoms with Gasteiger partial charge in [0.15, 0.2) is 0 Å². The van der Waals surface area contributed by atoms with Gasteiger partial charge in [-0.3, -0.25) is 4.68 Å². The number of benzene rings is 1. The summed E-state index contributed by atoms with van der Waals surface area (Å²) in [6.45, 7) is 2.92. The van der Waals surface area contributed by atoms with E-state index in [0.29, 0.717) is 18.9 Å². The number of ether oxygens (including phenoxy) is 1. The number of aromatic nitrogens is 2. The predicted octanol–water partition coefficient (Wildman–Crippen LogP) is 2.78. The van der Waals surface area contributed by atoms with Crippen LogP contribution >= 0.6 is 15.9 Å². The molecule has 0 fully saturated rings. The molecule has 1 atom stereocenters. The molecule has 1 unspecified atom stereocenters. The van der Waals surface area contributed by atoms with Gasteiger partial charge in [0.1, 0.15) is 12.4 Å². The number of rotatable bonds is 5. The highest BCUT2D eigenvalue weighted by Crippen LogP contribution is 2.28. The van der Waals surface area contributed by atoms with Crippen LogP contribution in [0.4, 0.5) is 0 Å². The molecule has 4 nitrogen and oxygen atoms in total. The quantitative estimate of drug-likeness (QED) is 0.923. The standard InChI is InChI=1S/C13H15BrN2O2/c1-10(17)12-4-3-11(14)9-13(12)18-8-7-16-6-2-5-15-16/h2-6,9-10,17H,7-8H2,1H3. The first-order valence-corrected chi connectivity index (χ1v) is 6.54. The molecule has 1 aromatic heterocycles. The maximum Gasteiger partial charge on any atom is 0.126 e. The second-order valence-corrected chi connectivity index (χ2v) is 4.89. The van der Waals surface area contributed by atoms with Gasteiger partial charge in [0.05, 0.1) is 12.6 Å². The summed E-state index contributed by atoms with van der Waals surface area (Å²) >= 11 is 3.40. The molecule has 0 bridgehead atoms. The summed E-state index contributed by atoms with van der Waals surface area (Å²) in [7, 11) is 0. The third-order valence-electron chi connectivity index (χ3n) is 2.56. The molecule has 18 heavy (non-hydrogen) atoms. The minimum Gasteiger partial charge on any atom is -0.491 e. The predicted molar refractivity (Wildman–Crippen MR) is 72.5 cm³/mol. The molecule has 0 saturated carbocycles. The van der Waals surface area contributed by atoms with Crippen LogP contribution in [-0.2, 0) is 6.54 Å². The van der Waals surface area contributed by atoms with Gasteiger partial charge in [-0.2, -0.15) is 5.10 Å². The number of hydrogen-bond acceptors (Lipinski definition) is 3. The average molecular weight is 311 g/mol. The fourth-order valence-electron chi connectivity index (χ4n) is 1.66. The van der Waals surface area contributed by atoms with Gasteiger partial charge >= 0.3 is 0 Å². The molecule has 0 spiro atoms. The van der Waals surface area contributed by atoms with Crippen LogP contribution in [0.25, 0.3) is 0 Å². The Bertz CT molecular complexity index is 498. The molecule has 0 amide bonds. The number of halogens is 1. The Hall–Kier alpha value is -1.33. The fourth-order valence-corrected chi connectivity index (χ4v) is 2.00. The molecular formula is C13H15BrN2O2. The van der Waals surface area contributed by atoms with Gasteiger partial charge < -0.3 is 9.84 Å². The minimum atomic E-state index is -0.544. The maximum absolute atomic E-state index is 9.67. The summed E-state index contributed by atoms with van der Waals surface area (Å²) in [6, 6.07) is 7.49. The molecule has 0 aliphatic heterocycles. The zero-order valence-electron chi connectivity index (χ0n) is 10.1. The van der Waals surface area contributed by atoms with Crippen LogP contribution in [0.1, 0.15) is 18.6 Å². The summed E-state index contributed by atoms with van der Waals surface area (Å²) in [5.41, 5.74) is 0.790. The molecular weight excluding hydrogens is 296 g/mol. The summed E-state index contributed by atoms with van der Waals surface area (Å²) in [5.74, 6) is 0.700. The van der Waals surface area contributed by atoms with Crippen LogP contribution in [0.15, 0.2) is 41.1 Å². The van der Waals surface area contributed by atoms with E-state index >= 15 is 0 Å². The normalized spacial score (nSPS) is 12.4. The number of aliphatic hydroxyl groups is 1. The molecule has 1 N–H and O–H groups in total. The third-order valence-corrected chi connectivity index (χ3v) is 3.06. The minimum absolute atomic E-state index is 0.512. The van der Waals surface area contributed by atoms with Gasteiger partial charge in [0.2, 0.25) is 0 Å². The maximum atomic E-state index is 9.67. The van der Waals surface area contributed by atoms with E-state index in [-0.39, 0.29) is 0 Å². The summed E-state index contributed by atoms with van der Waals surface area (Å²) in [6.07, 6.45) is 3.08. The highest BCUT2D eigenvalue weighted by molar-refractivity contribution is 9.10. The van der Waals surface area contributed by atoms with Gasteiger partial charge in [0, 0.05) is 22.4 Å². The van der Waals surface area contributed by atoms with Crippen molar-refractivity contribution in [2.75, 3.05) is 6.61 Å². The Balaban J connectivity index is 2.01. The van der Waals surface area contributed by atoms with Crippen LogP contribution in [0, 0.1) is 0 Å². The van der Waals surface area contributed by atoms with Gasteiger partial charge in [-0.1, -0.05) is 22.0 Å². The third kappa shape index (κ3) is 3.34. The lowest BCUT2D eigenvalue weighted by Crippen LogP contribution is -2.10. The fraction of sp³-hybridized carbons (Fsp3) is 0.308. The van der Waals surface area contributed by atoms with Crippen molar-refractivity contribution >= 4 is 15.9 Å². The second kappa shape index (κ2) is 6.02. The van der Waals surface area contributed by atoms with Gasteiger partial charge in [-0.25, -0.2) is 0 Å². The first-order chi connectivity index (χ1) is 8.66. The van der Waals surface area contributed by atoms with Crippen LogP contribution in [0.5, 0.6) is 5.75 Å². The summed E-state index contributed by atoms with van der Waals surface area (Å²) < 4.78 is 8.44. The van der Waals surface area contributed by atoms with E-state index in [2.05, 4.69) is 21.0 Å². The SMILES string of the molecule is CC(O)c1ccc(Br)cc1OCCn1cccn1. The van der Waals surface area contributed by atoms with Gasteiger partial charge in [-0.15, -0.1) is 0 Å². The van der Waals surface area contributed by atoms with E-state index in [9.17, 15) is 5.11 Å². The van der Waals surface area contributed by atoms with Crippen LogP contribution in [0.3, 0.4) is 0 Å². The van der Waals surface area contributed by atoms with Crippen molar-refractivity contribution < 1.29 is 9.84 Å². The summed E-state index contributed by atoms with van der Waals surface area (Å²) in [4.78, 5) is 0. The zero-order valence-corrected chi connectivity index (χ0v) is 11.7. The second-order valence-electron chi connectivity index (χ2n) is 3.98. The Morgan fingerprint density at radius 1 is 1.50 bits per heavy atom. The first-order valence-electron chi connectivity index (χ1n) is 5.74. The molecule has 0 radical (unpaired) electrons. The molecule has 0 saturated heterocycles. The highest BCUT2D eigenvalue weighted by Gasteiger charge is 2.09. The molecule has 1 heterocycles. The van der Waals surface area contributed by atoms with Crippen LogP contribution in [-0.4, -0.2) is 21.5 Å². The monoisotopic (exact) mass is 310 g/mol. The number of aliphatic hydroxyl groups excluding tert-OH is 1. The smallest absolute Gasteiger partial charge is 0.126 e. The lowest BCUT2D eigenvalue weighted by atomic mass is 10.1. The van der Waals surface area contributed by atoms with Crippen molar-refractivity contribution in [2.45, 2.75) is 19.6 Å². The van der Waals surface area contributed by atoms with Gasteiger partial charge in [-0.05, 0) is 25.1 Å². The van der Waals surface area contributed by atoms with E-state index in [1.165, 1.54) is 0 Å². The van der Waals surface area contributed by atoms with Crippen LogP contribution in [0.2, 0.25) is 0 Å². The Kier molecular flexibility index (Phi) is 4.38. The van der Waals surface area contributed by atoms with Crippen molar-refractivity contribution in [3.63, 3.8) is 0 Å². The Morgan fingerprint density at radius 3 is 3.00 bits per heavy atom. The highest BCUT2D eigenvalue weighted by atomic mass is 79.9.